The van der Waals surface area contributed by atoms with E-state index in [1.165, 1.54) is 6.08 Å². The van der Waals surface area contributed by atoms with Gasteiger partial charge in [0.05, 0.1) is 0 Å². The second-order valence-electron chi connectivity index (χ2n) is 5.15. The van der Waals surface area contributed by atoms with E-state index in [4.69, 9.17) is 8.83 Å². The molecule has 0 aliphatic heterocycles. The Bertz CT molecular complexity index is 1100. The lowest BCUT2D eigenvalue weighted by atomic mass is 10.2. The molecule has 0 radical (unpaired) electrons. The maximum absolute atomic E-state index is 12.2. The molecule has 7 nitrogen and oxygen atoms in total. The molecule has 0 amide bonds. The van der Waals surface area contributed by atoms with Crippen molar-refractivity contribution in [1.29, 1.82) is 0 Å². The fraction of sp³-hybridized carbons (Fsp3) is 0. The maximum atomic E-state index is 12.2. The van der Waals surface area contributed by atoms with Crippen LogP contribution in [0.4, 0.5) is 0 Å². The van der Waals surface area contributed by atoms with E-state index in [-0.39, 0.29) is 11.8 Å². The summed E-state index contributed by atoms with van der Waals surface area (Å²) >= 11 is 0. The number of allylic oxidation sites excluding steroid dienone is 1. The van der Waals surface area contributed by atoms with Crippen LogP contribution in [0.3, 0.4) is 0 Å². The summed E-state index contributed by atoms with van der Waals surface area (Å²) in [6.45, 7) is 0. The van der Waals surface area contributed by atoms with E-state index in [0.717, 1.165) is 5.56 Å². The molecule has 4 rings (SSSR count). The molecule has 0 N–H and O–H groups in total. The van der Waals surface area contributed by atoms with Crippen molar-refractivity contribution < 1.29 is 13.6 Å². The van der Waals surface area contributed by atoms with E-state index >= 15 is 0 Å². The van der Waals surface area contributed by atoms with Crippen LogP contribution in [0.1, 0.15) is 10.4 Å². The summed E-state index contributed by atoms with van der Waals surface area (Å²) in [4.78, 5) is 28.2. The second-order valence-corrected chi connectivity index (χ2v) is 5.15. The number of oxazole rings is 1. The van der Waals surface area contributed by atoms with Crippen LogP contribution in [0.15, 0.2) is 74.3 Å². The van der Waals surface area contributed by atoms with Gasteiger partial charge in [-0.05, 0) is 23.8 Å². The average molecular weight is 333 g/mol. The third kappa shape index (κ3) is 2.90. The van der Waals surface area contributed by atoms with E-state index < -0.39 is 11.7 Å². The molecule has 4 aromatic rings. The van der Waals surface area contributed by atoms with E-state index in [9.17, 15) is 9.59 Å². The first kappa shape index (κ1) is 14.8. The zero-order valence-corrected chi connectivity index (χ0v) is 12.8. The summed E-state index contributed by atoms with van der Waals surface area (Å²) in [6, 6.07) is 16.3. The van der Waals surface area contributed by atoms with E-state index in [1.54, 1.807) is 30.3 Å². The minimum absolute atomic E-state index is 0.0388. The van der Waals surface area contributed by atoms with Crippen molar-refractivity contribution in [2.75, 3.05) is 0 Å². The number of nitrogens with zero attached hydrogens (tertiary/aromatic N) is 3. The zero-order valence-electron chi connectivity index (χ0n) is 12.8. The van der Waals surface area contributed by atoms with Crippen LogP contribution in [-0.2, 0) is 0 Å². The minimum Gasteiger partial charge on any atom is -0.432 e. The lowest BCUT2D eigenvalue weighted by Gasteiger charge is -1.91. The van der Waals surface area contributed by atoms with E-state index in [2.05, 4.69) is 10.1 Å². The predicted octanol–water partition coefficient (Wildman–Crippen LogP) is 3.00. The Morgan fingerprint density at radius 3 is 2.52 bits per heavy atom. The van der Waals surface area contributed by atoms with Crippen LogP contribution in [-0.4, -0.2) is 20.7 Å². The number of carbonyl (C=O) groups excluding carboxylic acids is 1. The van der Waals surface area contributed by atoms with E-state index in [1.807, 2.05) is 30.3 Å². The van der Waals surface area contributed by atoms with Gasteiger partial charge in [0.15, 0.2) is 5.58 Å². The van der Waals surface area contributed by atoms with Crippen LogP contribution in [0.5, 0.6) is 0 Å². The molecular weight excluding hydrogens is 322 g/mol. The van der Waals surface area contributed by atoms with Crippen LogP contribution in [0, 0.1) is 0 Å². The van der Waals surface area contributed by atoms with Gasteiger partial charge in [-0.1, -0.05) is 42.5 Å². The van der Waals surface area contributed by atoms with Crippen molar-refractivity contribution in [3.63, 3.8) is 0 Å². The van der Waals surface area contributed by atoms with Gasteiger partial charge < -0.3 is 8.83 Å². The molecule has 0 unspecified atom stereocenters. The maximum Gasteiger partial charge on any atom is 0.445 e. The van der Waals surface area contributed by atoms with Gasteiger partial charge in [-0.3, -0.25) is 4.79 Å². The number of carbonyl (C=O) groups is 1. The Balaban J connectivity index is 1.65. The third-order valence-electron chi connectivity index (χ3n) is 3.45. The quantitative estimate of drug-likeness (QED) is 0.535. The van der Waals surface area contributed by atoms with Crippen molar-refractivity contribution in [3.8, 4) is 11.8 Å². The number of rotatable bonds is 3. The number of hydrogen-bond acceptors (Lipinski definition) is 6. The highest BCUT2D eigenvalue weighted by Gasteiger charge is 2.18. The Hall–Kier alpha value is -3.74. The Morgan fingerprint density at radius 1 is 0.960 bits per heavy atom. The summed E-state index contributed by atoms with van der Waals surface area (Å²) < 4.78 is 11.1. The van der Waals surface area contributed by atoms with Crippen LogP contribution in [0.2, 0.25) is 0 Å². The standard InChI is InChI=1S/C18H11N3O4/c22-15(11-10-12-6-2-1-3-7-12)21-18(23)25-17(20-21)16-19-13-8-4-5-9-14(13)24-16/h1-11H/b11-10+. The fourth-order valence-electron chi connectivity index (χ4n) is 2.27. The third-order valence-corrected chi connectivity index (χ3v) is 3.45. The monoisotopic (exact) mass is 333 g/mol. The van der Waals surface area contributed by atoms with Crippen molar-refractivity contribution in [2.45, 2.75) is 0 Å². The zero-order chi connectivity index (χ0) is 17.2. The molecule has 0 bridgehead atoms. The number of hydrogen-bond donors (Lipinski definition) is 0. The first-order chi connectivity index (χ1) is 12.2. The van der Waals surface area contributed by atoms with Crippen molar-refractivity contribution in [1.82, 2.24) is 14.8 Å². The van der Waals surface area contributed by atoms with Gasteiger partial charge in [0, 0.05) is 6.08 Å². The summed E-state index contributed by atoms with van der Waals surface area (Å²) in [5.41, 5.74) is 1.96. The van der Waals surface area contributed by atoms with Gasteiger partial charge in [-0.25, -0.2) is 9.78 Å². The van der Waals surface area contributed by atoms with Crippen LogP contribution >= 0.6 is 0 Å². The average Bonchev–Trinajstić information content (AvgIpc) is 3.24. The summed E-state index contributed by atoms with van der Waals surface area (Å²) in [7, 11) is 0. The normalized spacial score (nSPS) is 11.4. The highest BCUT2D eigenvalue weighted by Crippen LogP contribution is 2.21. The lowest BCUT2D eigenvalue weighted by molar-refractivity contribution is 0.0947. The molecule has 0 saturated heterocycles. The number of aromatic nitrogens is 3. The Morgan fingerprint density at radius 2 is 1.72 bits per heavy atom. The molecule has 2 aromatic carbocycles. The molecule has 0 fully saturated rings. The molecule has 25 heavy (non-hydrogen) atoms. The van der Waals surface area contributed by atoms with Crippen molar-refractivity contribution in [2.24, 2.45) is 0 Å². The van der Waals surface area contributed by atoms with Gasteiger partial charge in [0.1, 0.15) is 5.52 Å². The highest BCUT2D eigenvalue weighted by molar-refractivity contribution is 5.92. The fourth-order valence-corrected chi connectivity index (χ4v) is 2.27. The number of para-hydroxylation sites is 2. The van der Waals surface area contributed by atoms with Gasteiger partial charge >= 0.3 is 11.6 Å². The molecule has 7 heteroatoms. The first-order valence-electron chi connectivity index (χ1n) is 7.44. The predicted molar refractivity (Wildman–Crippen MR) is 89.9 cm³/mol. The van der Waals surface area contributed by atoms with E-state index in [0.29, 0.717) is 15.8 Å². The summed E-state index contributed by atoms with van der Waals surface area (Å²) in [5.74, 6) is -1.64. The Kier molecular flexibility index (Phi) is 3.59. The molecule has 0 spiro atoms. The first-order valence-corrected chi connectivity index (χ1v) is 7.44. The molecule has 0 aliphatic rings. The van der Waals surface area contributed by atoms with Gasteiger partial charge in [0.25, 0.3) is 11.8 Å². The minimum atomic E-state index is -0.903. The SMILES string of the molecule is O=C(/C=C/c1ccccc1)n1nc(-c2nc3ccccc3o2)oc1=O. The molecule has 2 heterocycles. The topological polar surface area (TPSA) is 91.1 Å². The van der Waals surface area contributed by atoms with Gasteiger partial charge in [-0.2, -0.15) is 0 Å². The summed E-state index contributed by atoms with van der Waals surface area (Å²) in [5, 5.41) is 3.87. The highest BCUT2D eigenvalue weighted by atomic mass is 16.4. The lowest BCUT2D eigenvalue weighted by Crippen LogP contribution is -2.22. The summed E-state index contributed by atoms with van der Waals surface area (Å²) in [6.07, 6.45) is 2.83. The van der Waals surface area contributed by atoms with Gasteiger partial charge in [0.2, 0.25) is 0 Å². The van der Waals surface area contributed by atoms with Gasteiger partial charge in [-0.15, -0.1) is 9.78 Å². The molecule has 122 valence electrons. The Labute approximate surface area is 140 Å². The second kappa shape index (κ2) is 6.04. The molecule has 2 aromatic heterocycles. The smallest absolute Gasteiger partial charge is 0.432 e. The largest absolute Gasteiger partial charge is 0.445 e. The molecular formula is C18H11N3O4. The van der Waals surface area contributed by atoms with Crippen molar-refractivity contribution >= 4 is 23.1 Å². The number of fused-ring (bicyclic) bond motifs is 1. The van der Waals surface area contributed by atoms with Crippen LogP contribution < -0.4 is 5.76 Å². The molecule has 0 saturated carbocycles. The molecule has 0 atom stereocenters. The van der Waals surface area contributed by atoms with Crippen LogP contribution in [0.25, 0.3) is 29.0 Å². The number of benzene rings is 2. The molecule has 0 aliphatic carbocycles. The van der Waals surface area contributed by atoms with Crippen molar-refractivity contribution in [3.05, 3.63) is 76.8 Å².